The second-order valence-electron chi connectivity index (χ2n) is 2.25. The zero-order chi connectivity index (χ0) is 10.0. The molecule has 1 rings (SSSR count). The molecular formula is C7H4BrF2NO2. The van der Waals surface area contributed by atoms with Crippen molar-refractivity contribution in [2.45, 2.75) is 6.67 Å². The molecule has 0 saturated heterocycles. The second kappa shape index (κ2) is 3.78. The summed E-state index contributed by atoms with van der Waals surface area (Å²) in [6.45, 7) is -1.08. The number of hydrogen-bond acceptors (Lipinski definition) is 2. The fraction of sp³-hybridized carbons (Fsp3) is 0.143. The standard InChI is InChI=1S/C7H4BrF2NO2/c8-5-1-2-6(11(12)13)7(10)4(5)3-9/h1-2H,3H2. The summed E-state index contributed by atoms with van der Waals surface area (Å²) >= 11 is 2.89. The van der Waals surface area contributed by atoms with E-state index in [1.165, 1.54) is 6.07 Å². The molecule has 6 heteroatoms. The third-order valence-electron chi connectivity index (χ3n) is 1.50. The van der Waals surface area contributed by atoms with Gasteiger partial charge in [-0.2, -0.15) is 4.39 Å². The van der Waals surface area contributed by atoms with E-state index in [2.05, 4.69) is 15.9 Å². The minimum absolute atomic E-state index is 0.193. The quantitative estimate of drug-likeness (QED) is 0.599. The van der Waals surface area contributed by atoms with E-state index >= 15 is 0 Å². The van der Waals surface area contributed by atoms with Gasteiger partial charge >= 0.3 is 5.69 Å². The lowest BCUT2D eigenvalue weighted by Gasteiger charge is -2.01. The molecule has 0 N–H and O–H groups in total. The van der Waals surface area contributed by atoms with Gasteiger partial charge in [0.25, 0.3) is 0 Å². The van der Waals surface area contributed by atoms with Crippen molar-refractivity contribution in [3.05, 3.63) is 38.1 Å². The van der Waals surface area contributed by atoms with E-state index in [4.69, 9.17) is 0 Å². The molecule has 0 aliphatic rings. The molecule has 0 amide bonds. The molecule has 0 saturated carbocycles. The molecule has 1 aromatic carbocycles. The number of benzene rings is 1. The van der Waals surface area contributed by atoms with Crippen LogP contribution in [0.3, 0.4) is 0 Å². The van der Waals surface area contributed by atoms with Crippen LogP contribution >= 0.6 is 15.9 Å². The maximum atomic E-state index is 13.1. The molecule has 1 aromatic rings. The van der Waals surface area contributed by atoms with Gasteiger partial charge in [-0.15, -0.1) is 0 Å². The van der Waals surface area contributed by atoms with Crippen molar-refractivity contribution in [2.24, 2.45) is 0 Å². The van der Waals surface area contributed by atoms with E-state index in [9.17, 15) is 18.9 Å². The minimum Gasteiger partial charge on any atom is -0.258 e. The van der Waals surface area contributed by atoms with Crippen molar-refractivity contribution in [3.8, 4) is 0 Å². The van der Waals surface area contributed by atoms with Crippen LogP contribution in [0, 0.1) is 15.9 Å². The topological polar surface area (TPSA) is 43.1 Å². The van der Waals surface area contributed by atoms with Crippen molar-refractivity contribution in [1.29, 1.82) is 0 Å². The van der Waals surface area contributed by atoms with Gasteiger partial charge in [0.15, 0.2) is 0 Å². The Morgan fingerprint density at radius 3 is 2.62 bits per heavy atom. The highest BCUT2D eigenvalue weighted by Gasteiger charge is 2.19. The van der Waals surface area contributed by atoms with Crippen LogP contribution in [0.2, 0.25) is 0 Å². The average Bonchev–Trinajstić information content (AvgIpc) is 2.04. The lowest BCUT2D eigenvalue weighted by molar-refractivity contribution is -0.387. The number of alkyl halides is 1. The van der Waals surface area contributed by atoms with Crippen LogP contribution in [0.25, 0.3) is 0 Å². The van der Waals surface area contributed by atoms with Crippen molar-refractivity contribution < 1.29 is 13.7 Å². The molecule has 0 aromatic heterocycles. The van der Waals surface area contributed by atoms with Crippen LogP contribution in [0.1, 0.15) is 5.56 Å². The molecule has 3 nitrogen and oxygen atoms in total. The van der Waals surface area contributed by atoms with Gasteiger partial charge in [-0.25, -0.2) is 4.39 Å². The maximum absolute atomic E-state index is 13.1. The molecule has 0 fully saturated rings. The monoisotopic (exact) mass is 251 g/mol. The molecule has 0 atom stereocenters. The van der Waals surface area contributed by atoms with Crippen molar-refractivity contribution in [3.63, 3.8) is 0 Å². The van der Waals surface area contributed by atoms with Crippen LogP contribution < -0.4 is 0 Å². The Morgan fingerprint density at radius 1 is 1.54 bits per heavy atom. The van der Waals surface area contributed by atoms with Crippen molar-refractivity contribution in [1.82, 2.24) is 0 Å². The Labute approximate surface area is 80.6 Å². The van der Waals surface area contributed by atoms with Gasteiger partial charge in [0, 0.05) is 16.1 Å². The predicted octanol–water partition coefficient (Wildman–Crippen LogP) is 2.97. The summed E-state index contributed by atoms with van der Waals surface area (Å²) < 4.78 is 25.5. The minimum atomic E-state index is -1.12. The van der Waals surface area contributed by atoms with Gasteiger partial charge in [0.1, 0.15) is 6.67 Å². The van der Waals surface area contributed by atoms with Crippen molar-refractivity contribution >= 4 is 21.6 Å². The Balaban J connectivity index is 3.35. The summed E-state index contributed by atoms with van der Waals surface area (Å²) in [6.07, 6.45) is 0. The Morgan fingerprint density at radius 2 is 2.15 bits per heavy atom. The van der Waals surface area contributed by atoms with Gasteiger partial charge in [0.05, 0.1) is 4.92 Å². The number of hydrogen-bond donors (Lipinski definition) is 0. The number of nitrogens with zero attached hydrogens (tertiary/aromatic N) is 1. The Hall–Kier alpha value is -1.04. The van der Waals surface area contributed by atoms with E-state index in [0.717, 1.165) is 6.07 Å². The molecule has 0 heterocycles. The van der Waals surface area contributed by atoms with E-state index in [1.54, 1.807) is 0 Å². The Kier molecular flexibility index (Phi) is 2.92. The largest absolute Gasteiger partial charge is 0.305 e. The Bertz CT molecular complexity index is 357. The normalized spacial score (nSPS) is 10.1. The molecule has 70 valence electrons. The van der Waals surface area contributed by atoms with Crippen LogP contribution in [-0.2, 0) is 6.67 Å². The maximum Gasteiger partial charge on any atom is 0.305 e. The summed E-state index contributed by atoms with van der Waals surface area (Å²) in [4.78, 5) is 9.34. The molecule has 0 aliphatic heterocycles. The third-order valence-corrected chi connectivity index (χ3v) is 2.24. The number of nitro benzene ring substituents is 1. The zero-order valence-corrected chi connectivity index (χ0v) is 7.85. The highest BCUT2D eigenvalue weighted by Crippen LogP contribution is 2.27. The lowest BCUT2D eigenvalue weighted by atomic mass is 10.2. The first-order valence-electron chi connectivity index (χ1n) is 3.25. The first-order chi connectivity index (χ1) is 6.07. The van der Waals surface area contributed by atoms with Crippen molar-refractivity contribution in [2.75, 3.05) is 0 Å². The third kappa shape index (κ3) is 1.82. The zero-order valence-electron chi connectivity index (χ0n) is 6.26. The lowest BCUT2D eigenvalue weighted by Crippen LogP contribution is -1.97. The van der Waals surface area contributed by atoms with Crippen LogP contribution in [0.5, 0.6) is 0 Å². The van der Waals surface area contributed by atoms with E-state index in [-0.39, 0.29) is 10.0 Å². The fourth-order valence-corrected chi connectivity index (χ4v) is 1.26. The van der Waals surface area contributed by atoms with Gasteiger partial charge in [-0.05, 0) is 6.07 Å². The van der Waals surface area contributed by atoms with Crippen LogP contribution in [0.4, 0.5) is 14.5 Å². The van der Waals surface area contributed by atoms with Crippen LogP contribution in [0.15, 0.2) is 16.6 Å². The first kappa shape index (κ1) is 10.0. The SMILES string of the molecule is O=[N+]([O-])c1ccc(Br)c(CF)c1F. The van der Waals surface area contributed by atoms with E-state index in [1.807, 2.05) is 0 Å². The summed E-state index contributed by atoms with van der Waals surface area (Å²) in [7, 11) is 0. The highest BCUT2D eigenvalue weighted by atomic mass is 79.9. The van der Waals surface area contributed by atoms with E-state index < -0.39 is 23.1 Å². The molecule has 0 unspecified atom stereocenters. The fourth-order valence-electron chi connectivity index (χ4n) is 0.849. The van der Waals surface area contributed by atoms with E-state index in [0.29, 0.717) is 0 Å². The summed E-state index contributed by atoms with van der Waals surface area (Å²) in [6, 6.07) is 2.23. The molecule has 13 heavy (non-hydrogen) atoms. The van der Waals surface area contributed by atoms with Gasteiger partial charge in [-0.1, -0.05) is 15.9 Å². The second-order valence-corrected chi connectivity index (χ2v) is 3.10. The summed E-state index contributed by atoms with van der Waals surface area (Å²) in [5, 5.41) is 10.2. The number of nitro groups is 1. The van der Waals surface area contributed by atoms with Gasteiger partial charge in [0.2, 0.25) is 5.82 Å². The number of halogens is 3. The van der Waals surface area contributed by atoms with Gasteiger partial charge in [-0.3, -0.25) is 10.1 Å². The molecule has 0 spiro atoms. The smallest absolute Gasteiger partial charge is 0.258 e. The van der Waals surface area contributed by atoms with Gasteiger partial charge < -0.3 is 0 Å². The van der Waals surface area contributed by atoms with Crippen LogP contribution in [-0.4, -0.2) is 4.92 Å². The summed E-state index contributed by atoms with van der Waals surface area (Å²) in [5.74, 6) is -1.12. The predicted molar refractivity (Wildman–Crippen MR) is 45.6 cm³/mol. The average molecular weight is 252 g/mol. The molecule has 0 bridgehead atoms. The highest BCUT2D eigenvalue weighted by molar-refractivity contribution is 9.10. The first-order valence-corrected chi connectivity index (χ1v) is 4.04. The molecular weight excluding hydrogens is 248 g/mol. The molecule has 0 radical (unpaired) electrons. The summed E-state index contributed by atoms with van der Waals surface area (Å²) in [5.41, 5.74) is -1.04. The number of rotatable bonds is 2. The molecule has 0 aliphatic carbocycles.